The Morgan fingerprint density at radius 3 is 2.67 bits per heavy atom. The number of hydrogen-bond acceptors (Lipinski definition) is 4. The minimum atomic E-state index is -1.21. The number of carboxylic acid groups (broad SMARTS) is 1. The summed E-state index contributed by atoms with van der Waals surface area (Å²) < 4.78 is 1.52. The van der Waals surface area contributed by atoms with Crippen LogP contribution in [0, 0.1) is 0 Å². The molecule has 1 aromatic heterocycles. The highest BCUT2D eigenvalue weighted by Crippen LogP contribution is 2.23. The van der Waals surface area contributed by atoms with Crippen LogP contribution in [-0.4, -0.2) is 22.5 Å². The number of aromatic nitrogens is 1. The van der Waals surface area contributed by atoms with E-state index in [1.165, 1.54) is 10.6 Å². The number of benzene rings is 1. The van der Waals surface area contributed by atoms with Crippen LogP contribution in [0.2, 0.25) is 0 Å². The summed E-state index contributed by atoms with van der Waals surface area (Å²) in [7, 11) is 0. The average molecular weight is 284 g/mol. The Morgan fingerprint density at radius 2 is 2.00 bits per heavy atom. The van der Waals surface area contributed by atoms with E-state index in [4.69, 9.17) is 0 Å². The smallest absolute Gasteiger partial charge is 0.326 e. The van der Waals surface area contributed by atoms with Crippen LogP contribution >= 0.6 is 0 Å². The van der Waals surface area contributed by atoms with Crippen LogP contribution < -0.4 is 15.7 Å². The van der Waals surface area contributed by atoms with Gasteiger partial charge in [-0.05, 0) is 12.1 Å². The first kappa shape index (κ1) is 12.9. The topological polar surface area (TPSA) is 103 Å². The fourth-order valence-electron chi connectivity index (χ4n) is 2.30. The van der Waals surface area contributed by atoms with Gasteiger partial charge >= 0.3 is 6.03 Å². The highest BCUT2D eigenvalue weighted by Gasteiger charge is 2.23. The molecule has 0 unspecified atom stereocenters. The van der Waals surface area contributed by atoms with Gasteiger partial charge in [-0.3, -0.25) is 10.1 Å². The van der Waals surface area contributed by atoms with Gasteiger partial charge < -0.3 is 19.8 Å². The number of urea groups is 1. The summed E-state index contributed by atoms with van der Waals surface area (Å²) in [5, 5.41) is 16.1. The number of hydrogen-bond donors (Lipinski definition) is 2. The van der Waals surface area contributed by atoms with E-state index in [0.717, 1.165) is 5.39 Å². The third-order valence-electron chi connectivity index (χ3n) is 3.14. The van der Waals surface area contributed by atoms with Crippen molar-refractivity contribution < 1.29 is 19.5 Å². The summed E-state index contributed by atoms with van der Waals surface area (Å²) in [4.78, 5) is 33.4. The molecule has 0 aliphatic carbocycles. The predicted molar refractivity (Wildman–Crippen MR) is 71.6 cm³/mol. The number of carboxylic acids is 1. The van der Waals surface area contributed by atoms with E-state index < -0.39 is 17.9 Å². The molecule has 2 aromatic rings. The molecule has 1 aliphatic rings. The molecule has 7 heteroatoms. The zero-order valence-electron chi connectivity index (χ0n) is 10.8. The number of para-hydroxylation sites is 1. The number of carbonyl (C=O) groups excluding carboxylic acids is 3. The number of aliphatic carboxylic acids is 1. The molecule has 0 atom stereocenters. The molecule has 0 radical (unpaired) electrons. The van der Waals surface area contributed by atoms with Gasteiger partial charge in [-0.25, -0.2) is 4.79 Å². The third kappa shape index (κ3) is 2.36. The Kier molecular flexibility index (Phi) is 2.94. The van der Waals surface area contributed by atoms with Gasteiger partial charge in [-0.2, -0.15) is 0 Å². The summed E-state index contributed by atoms with van der Waals surface area (Å²) in [5.74, 6) is -1.72. The van der Waals surface area contributed by atoms with Crippen molar-refractivity contribution in [2.24, 2.45) is 0 Å². The Morgan fingerprint density at radius 1 is 1.24 bits per heavy atom. The Labute approximate surface area is 118 Å². The van der Waals surface area contributed by atoms with Gasteiger partial charge in [-0.15, -0.1) is 0 Å². The van der Waals surface area contributed by atoms with Crippen molar-refractivity contribution >= 4 is 34.9 Å². The van der Waals surface area contributed by atoms with Crippen molar-refractivity contribution in [2.75, 3.05) is 0 Å². The van der Waals surface area contributed by atoms with E-state index in [1.54, 1.807) is 24.4 Å². The van der Waals surface area contributed by atoms with Gasteiger partial charge in [0, 0.05) is 22.7 Å². The van der Waals surface area contributed by atoms with Crippen molar-refractivity contribution in [3.8, 4) is 0 Å². The number of amides is 3. The molecule has 1 fully saturated rings. The lowest BCUT2D eigenvalue weighted by atomic mass is 10.1. The SMILES string of the molecule is O=C([O-])Cn1cc(C=C2NC(=O)NC2=O)c2ccccc21. The van der Waals surface area contributed by atoms with Crippen LogP contribution in [0.1, 0.15) is 5.56 Å². The highest BCUT2D eigenvalue weighted by molar-refractivity contribution is 6.14. The summed E-state index contributed by atoms with van der Waals surface area (Å²) in [6, 6.07) is 6.59. The maximum atomic E-state index is 11.5. The molecule has 3 amide bonds. The van der Waals surface area contributed by atoms with Gasteiger partial charge in [0.05, 0.1) is 12.5 Å². The second-order valence-electron chi connectivity index (χ2n) is 4.57. The van der Waals surface area contributed by atoms with Crippen LogP contribution in [0.4, 0.5) is 4.79 Å². The van der Waals surface area contributed by atoms with E-state index in [1.807, 2.05) is 6.07 Å². The van der Waals surface area contributed by atoms with Gasteiger partial charge in [-0.1, -0.05) is 18.2 Å². The molecule has 3 rings (SSSR count). The molecule has 2 N–H and O–H groups in total. The number of imide groups is 1. The molecule has 1 saturated heterocycles. The fourth-order valence-corrected chi connectivity index (χ4v) is 2.30. The van der Waals surface area contributed by atoms with Crippen molar-refractivity contribution in [3.63, 3.8) is 0 Å². The Hall–Kier alpha value is -3.09. The monoisotopic (exact) mass is 284 g/mol. The fraction of sp³-hybridized carbons (Fsp3) is 0.0714. The standard InChI is InChI=1S/C14H11N3O4/c18-12(19)7-17-6-8(9-3-1-2-4-11(9)17)5-10-13(20)16-14(21)15-10/h1-6H,7H2,(H,18,19)(H2,15,16,20,21)/p-1. The molecule has 0 spiro atoms. The number of nitrogens with one attached hydrogen (secondary N) is 2. The second kappa shape index (κ2) is 4.78. The molecule has 1 aromatic carbocycles. The number of carbonyl (C=O) groups is 3. The van der Waals surface area contributed by atoms with Gasteiger partial charge in [0.1, 0.15) is 5.70 Å². The minimum Gasteiger partial charge on any atom is -0.548 e. The summed E-state index contributed by atoms with van der Waals surface area (Å²) in [6.45, 7) is -0.289. The maximum Gasteiger partial charge on any atom is 0.326 e. The quantitative estimate of drug-likeness (QED) is 0.589. The van der Waals surface area contributed by atoms with Crippen LogP contribution in [0.25, 0.3) is 17.0 Å². The second-order valence-corrected chi connectivity index (χ2v) is 4.57. The minimum absolute atomic E-state index is 0.122. The molecule has 2 heterocycles. The summed E-state index contributed by atoms with van der Waals surface area (Å²) in [5.41, 5.74) is 1.47. The zero-order valence-corrected chi connectivity index (χ0v) is 10.8. The summed E-state index contributed by atoms with van der Waals surface area (Å²) in [6.07, 6.45) is 3.11. The first-order valence-corrected chi connectivity index (χ1v) is 6.16. The van der Waals surface area contributed by atoms with E-state index in [-0.39, 0.29) is 12.2 Å². The largest absolute Gasteiger partial charge is 0.548 e. The third-order valence-corrected chi connectivity index (χ3v) is 3.14. The van der Waals surface area contributed by atoms with E-state index in [0.29, 0.717) is 11.1 Å². The van der Waals surface area contributed by atoms with Crippen LogP contribution in [0.15, 0.2) is 36.2 Å². The predicted octanol–water partition coefficient (Wildman–Crippen LogP) is -0.428. The van der Waals surface area contributed by atoms with E-state index in [2.05, 4.69) is 10.6 Å². The lowest BCUT2D eigenvalue weighted by Crippen LogP contribution is -2.27. The molecule has 21 heavy (non-hydrogen) atoms. The molecule has 0 bridgehead atoms. The van der Waals surface area contributed by atoms with Gasteiger partial charge in [0.25, 0.3) is 5.91 Å². The number of rotatable bonds is 3. The lowest BCUT2D eigenvalue weighted by Gasteiger charge is -2.04. The number of fused-ring (bicyclic) bond motifs is 1. The molecule has 7 nitrogen and oxygen atoms in total. The molecule has 106 valence electrons. The van der Waals surface area contributed by atoms with E-state index >= 15 is 0 Å². The van der Waals surface area contributed by atoms with Gasteiger partial charge in [0.15, 0.2) is 0 Å². The first-order valence-electron chi connectivity index (χ1n) is 6.16. The van der Waals surface area contributed by atoms with Crippen molar-refractivity contribution in [1.82, 2.24) is 15.2 Å². The van der Waals surface area contributed by atoms with Crippen LogP contribution in [0.5, 0.6) is 0 Å². The van der Waals surface area contributed by atoms with Gasteiger partial charge in [0.2, 0.25) is 0 Å². The first-order chi connectivity index (χ1) is 10.0. The Bertz CT molecular complexity index is 804. The van der Waals surface area contributed by atoms with Crippen molar-refractivity contribution in [1.29, 1.82) is 0 Å². The highest BCUT2D eigenvalue weighted by atomic mass is 16.4. The normalized spacial score (nSPS) is 16.3. The summed E-state index contributed by atoms with van der Waals surface area (Å²) >= 11 is 0. The maximum absolute atomic E-state index is 11.5. The molecule has 1 aliphatic heterocycles. The number of nitrogens with zero attached hydrogens (tertiary/aromatic N) is 1. The van der Waals surface area contributed by atoms with Crippen LogP contribution in [-0.2, 0) is 16.1 Å². The van der Waals surface area contributed by atoms with Crippen molar-refractivity contribution in [2.45, 2.75) is 6.54 Å². The van der Waals surface area contributed by atoms with Crippen LogP contribution in [0.3, 0.4) is 0 Å². The average Bonchev–Trinajstić information content (AvgIpc) is 2.91. The molecular weight excluding hydrogens is 274 g/mol. The molecular formula is C14H10N3O4-. The van der Waals surface area contributed by atoms with E-state index in [9.17, 15) is 19.5 Å². The van der Waals surface area contributed by atoms with Crippen molar-refractivity contribution in [3.05, 3.63) is 41.7 Å². The molecule has 0 saturated carbocycles. The Balaban J connectivity index is 2.11. The zero-order chi connectivity index (χ0) is 15.0. The lowest BCUT2D eigenvalue weighted by molar-refractivity contribution is -0.306.